The number of rotatable bonds is 5. The van der Waals surface area contributed by atoms with Gasteiger partial charge in [0.15, 0.2) is 0 Å². The number of hydrogen-bond donors (Lipinski definition) is 0. The standard InChI is InChI=1S/C42H34N2/c1-3-11-33(12-4-1)43(34-13-5-2-6-14-34)35-25-32(31-23-24-37-29-19-21-30(22-20-29)40(37)27-31)26-36(28-35)44-41-17-9-7-15-38(41)39-16-8-10-18-42(39)44/h1-18,23-30H,19-22H2. The van der Waals surface area contributed by atoms with Gasteiger partial charge in [-0.15, -0.1) is 0 Å². The van der Waals surface area contributed by atoms with Crippen molar-refractivity contribution in [2.75, 3.05) is 4.90 Å². The maximum Gasteiger partial charge on any atom is 0.0541 e. The second-order valence-corrected chi connectivity index (χ2v) is 12.5. The van der Waals surface area contributed by atoms with Crippen molar-refractivity contribution >= 4 is 38.9 Å². The van der Waals surface area contributed by atoms with Crippen LogP contribution in [0.5, 0.6) is 0 Å². The summed E-state index contributed by atoms with van der Waals surface area (Å²) in [5, 5.41) is 2.56. The smallest absolute Gasteiger partial charge is 0.0541 e. The SMILES string of the molecule is c1ccc(N(c2ccccc2)c2cc(-c3ccc4c(c3)C3CCC4CC3)cc(-n3c4ccccc4c4ccccc43)c2)cc1. The van der Waals surface area contributed by atoms with E-state index < -0.39 is 0 Å². The van der Waals surface area contributed by atoms with Crippen molar-refractivity contribution in [1.29, 1.82) is 0 Å². The van der Waals surface area contributed by atoms with Gasteiger partial charge in [0.2, 0.25) is 0 Å². The molecule has 3 aliphatic rings. The van der Waals surface area contributed by atoms with E-state index in [4.69, 9.17) is 0 Å². The van der Waals surface area contributed by atoms with E-state index in [1.165, 1.54) is 64.3 Å². The lowest BCUT2D eigenvalue weighted by Crippen LogP contribution is -2.21. The zero-order valence-electron chi connectivity index (χ0n) is 24.7. The number of aromatic nitrogens is 1. The van der Waals surface area contributed by atoms with Gasteiger partial charge in [0.25, 0.3) is 0 Å². The molecule has 0 atom stereocenters. The molecule has 0 saturated heterocycles. The highest BCUT2D eigenvalue weighted by molar-refractivity contribution is 6.09. The van der Waals surface area contributed by atoms with Crippen LogP contribution in [0.1, 0.15) is 48.6 Å². The molecule has 2 heteroatoms. The van der Waals surface area contributed by atoms with Gasteiger partial charge in [-0.1, -0.05) is 91.0 Å². The van der Waals surface area contributed by atoms with E-state index in [0.29, 0.717) is 5.92 Å². The fraction of sp³-hybridized carbons (Fsp3) is 0.143. The summed E-state index contributed by atoms with van der Waals surface area (Å²) < 4.78 is 2.45. The quantitative estimate of drug-likeness (QED) is 0.201. The fourth-order valence-electron chi connectivity index (χ4n) is 8.02. The number of anilines is 3. The van der Waals surface area contributed by atoms with Crippen molar-refractivity contribution in [2.24, 2.45) is 0 Å². The van der Waals surface area contributed by atoms with Crippen molar-refractivity contribution in [3.05, 3.63) is 157 Å². The minimum atomic E-state index is 0.708. The topological polar surface area (TPSA) is 8.17 Å². The van der Waals surface area contributed by atoms with Crippen LogP contribution >= 0.6 is 0 Å². The van der Waals surface area contributed by atoms with E-state index in [1.807, 2.05) is 0 Å². The van der Waals surface area contributed by atoms with Crippen LogP contribution in [-0.2, 0) is 0 Å². The van der Waals surface area contributed by atoms with Crippen LogP contribution in [0.3, 0.4) is 0 Å². The Balaban J connectivity index is 1.32. The fourth-order valence-corrected chi connectivity index (χ4v) is 8.02. The normalized spacial score (nSPS) is 17.2. The molecule has 7 aromatic rings. The molecule has 0 radical (unpaired) electrons. The minimum Gasteiger partial charge on any atom is -0.310 e. The molecule has 1 heterocycles. The first-order valence-corrected chi connectivity index (χ1v) is 16.0. The van der Waals surface area contributed by atoms with Crippen molar-refractivity contribution in [2.45, 2.75) is 37.5 Å². The Labute approximate surface area is 258 Å². The van der Waals surface area contributed by atoms with Crippen LogP contribution in [-0.4, -0.2) is 4.57 Å². The van der Waals surface area contributed by atoms with E-state index in [9.17, 15) is 0 Å². The summed E-state index contributed by atoms with van der Waals surface area (Å²) in [6, 6.07) is 53.6. The van der Waals surface area contributed by atoms with E-state index in [2.05, 4.69) is 155 Å². The van der Waals surface area contributed by atoms with Crippen LogP contribution in [0.4, 0.5) is 17.1 Å². The third-order valence-corrected chi connectivity index (χ3v) is 10.1. The van der Waals surface area contributed by atoms with Crippen molar-refractivity contribution in [3.8, 4) is 16.8 Å². The summed E-state index contributed by atoms with van der Waals surface area (Å²) in [5.41, 5.74) is 12.8. The molecule has 1 aromatic heterocycles. The zero-order valence-corrected chi connectivity index (χ0v) is 24.7. The Morgan fingerprint density at radius 2 is 0.977 bits per heavy atom. The molecule has 0 N–H and O–H groups in total. The van der Waals surface area contributed by atoms with Crippen molar-refractivity contribution < 1.29 is 0 Å². The lowest BCUT2D eigenvalue weighted by Gasteiger charge is -2.38. The number of fused-ring (bicyclic) bond motifs is 5. The van der Waals surface area contributed by atoms with Crippen LogP contribution in [0.2, 0.25) is 0 Å². The first kappa shape index (κ1) is 25.4. The molecule has 212 valence electrons. The Hall–Kier alpha value is -5.08. The molecule has 3 aliphatic carbocycles. The van der Waals surface area contributed by atoms with Gasteiger partial charge in [0.1, 0.15) is 0 Å². The van der Waals surface area contributed by atoms with Gasteiger partial charge in [-0.05, 0) is 114 Å². The number of nitrogens with zero attached hydrogens (tertiary/aromatic N) is 2. The summed E-state index contributed by atoms with van der Waals surface area (Å²) in [7, 11) is 0. The Bertz CT molecular complexity index is 2040. The summed E-state index contributed by atoms with van der Waals surface area (Å²) in [6.45, 7) is 0. The highest BCUT2D eigenvalue weighted by atomic mass is 15.1. The maximum atomic E-state index is 2.52. The summed E-state index contributed by atoms with van der Waals surface area (Å²) in [5.74, 6) is 1.45. The highest BCUT2D eigenvalue weighted by Crippen LogP contribution is 2.50. The lowest BCUT2D eigenvalue weighted by molar-refractivity contribution is 0.359. The van der Waals surface area contributed by atoms with E-state index in [1.54, 1.807) is 11.1 Å². The predicted molar refractivity (Wildman–Crippen MR) is 185 cm³/mol. The maximum absolute atomic E-state index is 2.52. The molecule has 2 bridgehead atoms. The predicted octanol–water partition coefficient (Wildman–Crippen LogP) is 11.7. The first-order chi connectivity index (χ1) is 21.8. The largest absolute Gasteiger partial charge is 0.310 e. The molecule has 1 fully saturated rings. The third kappa shape index (κ3) is 4.09. The monoisotopic (exact) mass is 566 g/mol. The molecular formula is C42H34N2. The molecule has 10 rings (SSSR count). The molecule has 0 aliphatic heterocycles. The summed E-state index contributed by atoms with van der Waals surface area (Å²) in [6.07, 6.45) is 5.38. The molecule has 0 unspecified atom stereocenters. The van der Waals surface area contributed by atoms with Gasteiger partial charge >= 0.3 is 0 Å². The molecule has 6 aromatic carbocycles. The van der Waals surface area contributed by atoms with Crippen LogP contribution in [0, 0.1) is 0 Å². The highest BCUT2D eigenvalue weighted by Gasteiger charge is 2.33. The zero-order chi connectivity index (χ0) is 29.0. The van der Waals surface area contributed by atoms with Crippen molar-refractivity contribution in [1.82, 2.24) is 4.57 Å². The minimum absolute atomic E-state index is 0.708. The average molecular weight is 567 g/mol. The second kappa shape index (κ2) is 10.3. The number of para-hydroxylation sites is 4. The van der Waals surface area contributed by atoms with Gasteiger partial charge in [0.05, 0.1) is 11.0 Å². The molecule has 2 nitrogen and oxygen atoms in total. The molecule has 1 saturated carbocycles. The first-order valence-electron chi connectivity index (χ1n) is 16.0. The molecular weight excluding hydrogens is 532 g/mol. The second-order valence-electron chi connectivity index (χ2n) is 12.5. The molecule has 0 spiro atoms. The van der Waals surface area contributed by atoms with Crippen LogP contribution in [0.25, 0.3) is 38.6 Å². The van der Waals surface area contributed by atoms with E-state index in [0.717, 1.165) is 23.0 Å². The Morgan fingerprint density at radius 3 is 1.59 bits per heavy atom. The van der Waals surface area contributed by atoms with Crippen LogP contribution < -0.4 is 4.90 Å². The number of benzene rings is 6. The van der Waals surface area contributed by atoms with Crippen LogP contribution in [0.15, 0.2) is 146 Å². The van der Waals surface area contributed by atoms with E-state index >= 15 is 0 Å². The third-order valence-electron chi connectivity index (χ3n) is 10.1. The lowest BCUT2D eigenvalue weighted by atomic mass is 9.66. The number of hydrogen-bond acceptors (Lipinski definition) is 1. The van der Waals surface area contributed by atoms with Crippen molar-refractivity contribution in [3.63, 3.8) is 0 Å². The Kier molecular flexibility index (Phi) is 5.94. The van der Waals surface area contributed by atoms with Gasteiger partial charge in [0, 0.05) is 33.5 Å². The van der Waals surface area contributed by atoms with E-state index in [-0.39, 0.29) is 0 Å². The molecule has 0 amide bonds. The van der Waals surface area contributed by atoms with Gasteiger partial charge in [-0.25, -0.2) is 0 Å². The molecule has 44 heavy (non-hydrogen) atoms. The summed E-state index contributed by atoms with van der Waals surface area (Å²) in [4.78, 5) is 2.39. The Morgan fingerprint density at radius 1 is 0.432 bits per heavy atom. The van der Waals surface area contributed by atoms with Gasteiger partial charge in [-0.3, -0.25) is 0 Å². The average Bonchev–Trinajstić information content (AvgIpc) is 3.44. The van der Waals surface area contributed by atoms with Gasteiger partial charge < -0.3 is 9.47 Å². The summed E-state index contributed by atoms with van der Waals surface area (Å²) >= 11 is 0. The van der Waals surface area contributed by atoms with Gasteiger partial charge in [-0.2, -0.15) is 0 Å².